The van der Waals surface area contributed by atoms with Gasteiger partial charge in [0, 0.05) is 16.5 Å². The summed E-state index contributed by atoms with van der Waals surface area (Å²) in [5.41, 5.74) is 5.85. The van der Waals surface area contributed by atoms with Crippen molar-refractivity contribution in [2.24, 2.45) is 20.5 Å². The Bertz CT molecular complexity index is 1990. The summed E-state index contributed by atoms with van der Waals surface area (Å²) in [6.45, 7) is 0. The fourth-order valence-corrected chi connectivity index (χ4v) is 5.28. The first-order valence-electron chi connectivity index (χ1n) is 10.5. The third-order valence-corrected chi connectivity index (χ3v) is 7.84. The van der Waals surface area contributed by atoms with Gasteiger partial charge in [-0.2, -0.15) is 35.5 Å². The van der Waals surface area contributed by atoms with Crippen molar-refractivity contribution in [1.29, 1.82) is 0 Å². The van der Waals surface area contributed by atoms with Crippen LogP contribution in [-0.4, -0.2) is 38.9 Å². The van der Waals surface area contributed by atoms with Crippen molar-refractivity contribution in [2.75, 3.05) is 5.73 Å². The first-order chi connectivity index (χ1) is 18.1. The van der Waals surface area contributed by atoms with Gasteiger partial charge in [0.1, 0.15) is 15.5 Å². The van der Waals surface area contributed by atoms with E-state index in [2.05, 4.69) is 20.5 Å². The highest BCUT2D eigenvalue weighted by atomic mass is 32.2. The molecule has 5 N–H and O–H groups in total. The molecule has 0 saturated carbocycles. The van der Waals surface area contributed by atoms with E-state index in [0.717, 1.165) is 30.3 Å². The summed E-state index contributed by atoms with van der Waals surface area (Å²) in [6, 6.07) is 14.8. The van der Waals surface area contributed by atoms with Crippen molar-refractivity contribution >= 4 is 69.6 Å². The monoisotopic (exact) mass is 591 g/mol. The number of nitrogen functional groups attached to an aromatic ring is 1. The van der Waals surface area contributed by atoms with Gasteiger partial charge < -0.3 is 5.73 Å². The Hall–Kier alpha value is -4.13. The normalized spacial score (nSPS) is 13.0. The predicted molar refractivity (Wildman–Crippen MR) is 139 cm³/mol. The summed E-state index contributed by atoms with van der Waals surface area (Å²) in [5.74, 6) is 0. The van der Waals surface area contributed by atoms with Crippen LogP contribution in [0.2, 0.25) is 0 Å². The van der Waals surface area contributed by atoms with Crippen LogP contribution in [0.15, 0.2) is 108 Å². The highest BCUT2D eigenvalue weighted by Gasteiger charge is 2.19. The molecule has 0 saturated heterocycles. The average Bonchev–Trinajstić information content (AvgIpc) is 2.86. The van der Waals surface area contributed by atoms with Gasteiger partial charge in [-0.1, -0.05) is 12.1 Å². The van der Waals surface area contributed by atoms with Gasteiger partial charge in [-0.25, -0.2) is 0 Å². The van der Waals surface area contributed by atoms with Crippen LogP contribution in [-0.2, 0) is 30.4 Å². The fourth-order valence-electron chi connectivity index (χ4n) is 3.44. The molecule has 4 rings (SSSR count). The molecule has 0 fully saturated rings. The average molecular weight is 592 g/mol. The third kappa shape index (κ3) is 6.30. The van der Waals surface area contributed by atoms with Crippen LogP contribution in [0, 0.1) is 0 Å². The molecule has 0 aliphatic heterocycles. The highest BCUT2D eigenvalue weighted by molar-refractivity contribution is 7.86. The van der Waals surface area contributed by atoms with Crippen LogP contribution < -0.4 is 5.73 Å². The summed E-state index contributed by atoms with van der Waals surface area (Å²) < 4.78 is 98.5. The van der Waals surface area contributed by atoms with E-state index in [9.17, 15) is 34.4 Å². The lowest BCUT2D eigenvalue weighted by Crippen LogP contribution is -2.00. The minimum atomic E-state index is -4.85. The zero-order valence-electron chi connectivity index (χ0n) is 19.3. The molecule has 0 aromatic heterocycles. The first-order valence-corrected chi connectivity index (χ1v) is 14.8. The molecule has 0 amide bonds. The second-order valence-corrected chi connectivity index (χ2v) is 12.0. The van der Waals surface area contributed by atoms with Crippen molar-refractivity contribution in [3.63, 3.8) is 0 Å². The Balaban J connectivity index is 1.75. The van der Waals surface area contributed by atoms with E-state index in [1.165, 1.54) is 42.5 Å². The van der Waals surface area contributed by atoms with Crippen LogP contribution in [0.25, 0.3) is 10.8 Å². The maximum atomic E-state index is 12.0. The Labute approximate surface area is 221 Å². The van der Waals surface area contributed by atoms with Crippen LogP contribution in [0.3, 0.4) is 0 Å². The molecule has 0 radical (unpaired) electrons. The number of hydrogen-bond donors (Lipinski definition) is 4. The minimum absolute atomic E-state index is 0.0352. The number of nitrogens with two attached hydrogens (primary N) is 1. The largest absolute Gasteiger partial charge is 0.398 e. The molecule has 14 nitrogen and oxygen atoms in total. The van der Waals surface area contributed by atoms with Gasteiger partial charge in [-0.3, -0.25) is 13.7 Å². The van der Waals surface area contributed by atoms with Gasteiger partial charge in [-0.15, -0.1) is 10.2 Å². The summed E-state index contributed by atoms with van der Waals surface area (Å²) in [7, 11) is -13.9. The number of benzene rings is 4. The molecular weight excluding hydrogens is 574 g/mol. The van der Waals surface area contributed by atoms with Gasteiger partial charge in [0.2, 0.25) is 0 Å². The van der Waals surface area contributed by atoms with E-state index in [1.54, 1.807) is 0 Å². The minimum Gasteiger partial charge on any atom is -0.398 e. The molecule has 17 heteroatoms. The van der Waals surface area contributed by atoms with Gasteiger partial charge >= 0.3 is 0 Å². The second kappa shape index (κ2) is 10.2. The number of anilines is 1. The third-order valence-electron chi connectivity index (χ3n) is 5.19. The summed E-state index contributed by atoms with van der Waals surface area (Å²) in [6.07, 6.45) is 0. The molecule has 0 aliphatic rings. The lowest BCUT2D eigenvalue weighted by atomic mass is 10.1. The molecule has 0 bridgehead atoms. The second-order valence-electron chi connectivity index (χ2n) is 7.82. The number of nitrogens with zero attached hydrogens (tertiary/aromatic N) is 4. The van der Waals surface area contributed by atoms with E-state index in [1.807, 2.05) is 0 Å². The van der Waals surface area contributed by atoms with E-state index in [0.29, 0.717) is 0 Å². The molecule has 0 spiro atoms. The quantitative estimate of drug-likeness (QED) is 0.127. The zero-order valence-corrected chi connectivity index (χ0v) is 21.8. The molecule has 39 heavy (non-hydrogen) atoms. The standard InChI is InChI=1S/C22H17N5O9S3/c23-17-9-11-19(22-16(17)2-1-3-20(22)38(31,32)33)27-26-18-10-6-14(12-21(18)39(34,35)36)25-24-13-4-7-15(8-5-13)37(28,29)30/h1-12H,23H2,(H,28,29,30)(H,31,32,33)(H,34,35,36). The van der Waals surface area contributed by atoms with Crippen LogP contribution in [0.1, 0.15) is 0 Å². The maximum Gasteiger partial charge on any atom is 0.296 e. The summed E-state index contributed by atoms with van der Waals surface area (Å²) >= 11 is 0. The van der Waals surface area contributed by atoms with Crippen LogP contribution >= 0.6 is 0 Å². The molecule has 202 valence electrons. The summed E-state index contributed by atoms with van der Waals surface area (Å²) in [4.78, 5) is -1.54. The van der Waals surface area contributed by atoms with Gasteiger partial charge in [0.05, 0.1) is 22.0 Å². The molecule has 0 atom stereocenters. The maximum absolute atomic E-state index is 12.0. The SMILES string of the molecule is Nc1ccc(N=Nc2ccc(N=Nc3ccc(S(=O)(=O)O)cc3)cc2S(=O)(=O)O)c2c(S(=O)(=O)O)cccc12. The summed E-state index contributed by atoms with van der Waals surface area (Å²) in [5, 5.41) is 15.7. The molecule has 0 aliphatic carbocycles. The van der Waals surface area contributed by atoms with E-state index >= 15 is 0 Å². The van der Waals surface area contributed by atoms with Crippen LogP contribution in [0.4, 0.5) is 28.4 Å². The van der Waals surface area contributed by atoms with E-state index in [4.69, 9.17) is 10.3 Å². The van der Waals surface area contributed by atoms with Crippen molar-refractivity contribution < 1.29 is 38.9 Å². The lowest BCUT2D eigenvalue weighted by molar-refractivity contribution is 0.481. The Morgan fingerprint density at radius 2 is 1.13 bits per heavy atom. The Morgan fingerprint density at radius 1 is 0.564 bits per heavy atom. The first kappa shape index (κ1) is 27.9. The number of rotatable bonds is 7. The molecule has 4 aromatic carbocycles. The molecule has 0 heterocycles. The Kier molecular flexibility index (Phi) is 7.30. The van der Waals surface area contributed by atoms with Crippen molar-refractivity contribution in [3.05, 3.63) is 72.8 Å². The number of azo groups is 2. The van der Waals surface area contributed by atoms with Gasteiger partial charge in [0.25, 0.3) is 30.4 Å². The van der Waals surface area contributed by atoms with Gasteiger partial charge in [-0.05, 0) is 60.7 Å². The van der Waals surface area contributed by atoms with E-state index in [-0.39, 0.29) is 44.1 Å². The molecular formula is C22H17N5O9S3. The van der Waals surface area contributed by atoms with Crippen molar-refractivity contribution in [3.8, 4) is 0 Å². The lowest BCUT2D eigenvalue weighted by Gasteiger charge is -2.09. The highest BCUT2D eigenvalue weighted by Crippen LogP contribution is 2.37. The van der Waals surface area contributed by atoms with E-state index < -0.39 is 40.1 Å². The number of fused-ring (bicyclic) bond motifs is 1. The molecule has 4 aromatic rings. The topological polar surface area (TPSA) is 239 Å². The zero-order chi connectivity index (χ0) is 28.6. The smallest absolute Gasteiger partial charge is 0.296 e. The Morgan fingerprint density at radius 3 is 1.74 bits per heavy atom. The fraction of sp³-hybridized carbons (Fsp3) is 0. The number of hydrogen-bond acceptors (Lipinski definition) is 11. The van der Waals surface area contributed by atoms with Gasteiger partial charge in [0.15, 0.2) is 0 Å². The molecule has 0 unspecified atom stereocenters. The van der Waals surface area contributed by atoms with Crippen molar-refractivity contribution in [2.45, 2.75) is 14.7 Å². The predicted octanol–water partition coefficient (Wildman–Crippen LogP) is 4.99. The van der Waals surface area contributed by atoms with Crippen LogP contribution in [0.5, 0.6) is 0 Å². The van der Waals surface area contributed by atoms with Crippen molar-refractivity contribution in [1.82, 2.24) is 0 Å².